The number of hydrogen-bond acceptors (Lipinski definition) is 7. The Hall–Kier alpha value is -2.28. The van der Waals surface area contributed by atoms with E-state index in [0.717, 1.165) is 11.1 Å². The third kappa shape index (κ3) is 2.39. The van der Waals surface area contributed by atoms with Gasteiger partial charge < -0.3 is 23.7 Å². The van der Waals surface area contributed by atoms with Crippen LogP contribution in [0.15, 0.2) is 12.1 Å². The van der Waals surface area contributed by atoms with Gasteiger partial charge in [0.25, 0.3) is 0 Å². The summed E-state index contributed by atoms with van der Waals surface area (Å²) in [5, 5.41) is 0. The maximum absolute atomic E-state index is 11.2. The number of esters is 2. The summed E-state index contributed by atoms with van der Waals surface area (Å²) in [6.07, 6.45) is -0.418. The summed E-state index contributed by atoms with van der Waals surface area (Å²) in [6.45, 7) is 3.43. The van der Waals surface area contributed by atoms with Crippen molar-refractivity contribution < 1.29 is 33.3 Å². The molecule has 3 aliphatic rings. The minimum atomic E-state index is -0.338. The largest absolute Gasteiger partial charge is 0.465 e. The third-order valence-electron chi connectivity index (χ3n) is 4.77. The summed E-state index contributed by atoms with van der Waals surface area (Å²) in [6, 6.07) is 3.87. The molecule has 0 N–H and O–H groups in total. The van der Waals surface area contributed by atoms with E-state index >= 15 is 0 Å². The summed E-state index contributed by atoms with van der Waals surface area (Å²) in [5.74, 6) is 0.599. The second kappa shape index (κ2) is 5.66. The number of ether oxygens (including phenoxy) is 5. The predicted octanol–water partition coefficient (Wildman–Crippen LogP) is 1.90. The Labute approximate surface area is 138 Å². The van der Waals surface area contributed by atoms with Crippen molar-refractivity contribution in [3.05, 3.63) is 23.3 Å². The van der Waals surface area contributed by atoms with Crippen LogP contribution in [0, 0.1) is 11.8 Å². The van der Waals surface area contributed by atoms with Gasteiger partial charge in [-0.25, -0.2) is 0 Å². The number of benzene rings is 1. The van der Waals surface area contributed by atoms with Crippen molar-refractivity contribution in [2.75, 3.05) is 20.0 Å². The molecule has 1 fully saturated rings. The topological polar surface area (TPSA) is 80.3 Å². The molecule has 0 aliphatic carbocycles. The van der Waals surface area contributed by atoms with Gasteiger partial charge in [0.05, 0.1) is 25.4 Å². The van der Waals surface area contributed by atoms with Gasteiger partial charge in [0.1, 0.15) is 0 Å². The lowest BCUT2D eigenvalue weighted by Crippen LogP contribution is -2.30. The maximum Gasteiger partial charge on any atom is 0.302 e. The van der Waals surface area contributed by atoms with Crippen LogP contribution < -0.4 is 9.47 Å². The molecule has 1 aromatic carbocycles. The second-order valence-electron chi connectivity index (χ2n) is 6.24. The summed E-state index contributed by atoms with van der Waals surface area (Å²) >= 11 is 0. The van der Waals surface area contributed by atoms with E-state index in [9.17, 15) is 9.59 Å². The minimum absolute atomic E-state index is 0.0638. The van der Waals surface area contributed by atoms with Crippen LogP contribution in [0.3, 0.4) is 0 Å². The van der Waals surface area contributed by atoms with E-state index in [1.165, 1.54) is 13.8 Å². The lowest BCUT2D eigenvalue weighted by atomic mass is 9.76. The first-order valence-corrected chi connectivity index (χ1v) is 7.90. The van der Waals surface area contributed by atoms with Crippen LogP contribution in [0.1, 0.15) is 37.2 Å². The van der Waals surface area contributed by atoms with Gasteiger partial charge in [-0.15, -0.1) is 0 Å². The Balaban J connectivity index is 1.64. The Bertz CT molecular complexity index is 641. The number of hydrogen-bond donors (Lipinski definition) is 0. The highest BCUT2D eigenvalue weighted by atomic mass is 16.7. The lowest BCUT2D eigenvalue weighted by molar-refractivity contribution is -0.146. The van der Waals surface area contributed by atoms with Crippen LogP contribution in [0.5, 0.6) is 11.5 Å². The number of fused-ring (bicyclic) bond motifs is 6. The average Bonchev–Trinajstić information content (AvgIpc) is 3.21. The van der Waals surface area contributed by atoms with E-state index in [1.807, 2.05) is 12.1 Å². The van der Waals surface area contributed by atoms with Crippen LogP contribution in [0.25, 0.3) is 0 Å². The Morgan fingerprint density at radius 3 is 1.83 bits per heavy atom. The van der Waals surface area contributed by atoms with E-state index < -0.39 is 0 Å². The molecule has 1 aromatic rings. The van der Waals surface area contributed by atoms with Crippen molar-refractivity contribution in [1.29, 1.82) is 0 Å². The van der Waals surface area contributed by atoms with Gasteiger partial charge in [-0.2, -0.15) is 0 Å². The number of rotatable bonds is 4. The molecule has 4 atom stereocenters. The average molecular weight is 334 g/mol. The smallest absolute Gasteiger partial charge is 0.302 e. The van der Waals surface area contributed by atoms with Crippen molar-refractivity contribution in [1.82, 2.24) is 0 Å². The van der Waals surface area contributed by atoms with Crippen LogP contribution in [0.2, 0.25) is 0 Å². The molecular weight excluding hydrogens is 316 g/mol. The third-order valence-corrected chi connectivity index (χ3v) is 4.77. The Kier molecular flexibility index (Phi) is 3.60. The second-order valence-corrected chi connectivity index (χ2v) is 6.24. The van der Waals surface area contributed by atoms with Crippen molar-refractivity contribution >= 4 is 11.9 Å². The molecule has 2 bridgehead atoms. The number of carbonyl (C=O) groups is 2. The van der Waals surface area contributed by atoms with Crippen LogP contribution in [-0.4, -0.2) is 31.9 Å². The molecule has 7 heteroatoms. The van der Waals surface area contributed by atoms with Crippen LogP contribution >= 0.6 is 0 Å². The molecule has 4 rings (SSSR count). The number of carbonyl (C=O) groups excluding carboxylic acids is 2. The Morgan fingerprint density at radius 2 is 1.42 bits per heavy atom. The standard InChI is InChI=1S/C17H18O7/c1-8(18)20-5-12-13(6-21-9(2)19)17-11-4-15-14(22-7-23-15)3-10(11)16(12)24-17/h3-4,12-13,16-17H,5-7H2,1-2H3/t12-,13+,16-,17+. The van der Waals surface area contributed by atoms with Crippen LogP contribution in [-0.2, 0) is 23.8 Å². The van der Waals surface area contributed by atoms with Gasteiger partial charge in [0.2, 0.25) is 6.79 Å². The van der Waals surface area contributed by atoms with Gasteiger partial charge in [-0.3, -0.25) is 9.59 Å². The fraction of sp³-hybridized carbons (Fsp3) is 0.529. The summed E-state index contributed by atoms with van der Waals surface area (Å²) in [5.41, 5.74) is 2.06. The molecule has 24 heavy (non-hydrogen) atoms. The first-order valence-electron chi connectivity index (χ1n) is 7.90. The molecule has 1 saturated heterocycles. The molecule has 128 valence electrons. The van der Waals surface area contributed by atoms with E-state index in [2.05, 4.69) is 0 Å². The highest BCUT2D eigenvalue weighted by Crippen LogP contribution is 2.59. The first kappa shape index (κ1) is 15.3. The lowest BCUT2D eigenvalue weighted by Gasteiger charge is -2.28. The van der Waals surface area contributed by atoms with E-state index in [1.54, 1.807) is 0 Å². The molecule has 0 radical (unpaired) electrons. The van der Waals surface area contributed by atoms with E-state index in [4.69, 9.17) is 23.7 Å². The SMILES string of the molecule is CC(=O)OC[C@@H]1[C@H](COC(C)=O)[C@H]2O[C@@H]1c1cc3c(cc12)OCO3. The highest BCUT2D eigenvalue weighted by molar-refractivity contribution is 5.66. The quantitative estimate of drug-likeness (QED) is 0.778. The van der Waals surface area contributed by atoms with E-state index in [-0.39, 0.29) is 56.0 Å². The molecule has 0 amide bonds. The molecule has 0 spiro atoms. The molecular formula is C17H18O7. The summed E-state index contributed by atoms with van der Waals surface area (Å²) < 4.78 is 27.4. The molecule has 0 aromatic heterocycles. The minimum Gasteiger partial charge on any atom is -0.465 e. The highest BCUT2D eigenvalue weighted by Gasteiger charge is 2.53. The summed E-state index contributed by atoms with van der Waals surface area (Å²) in [7, 11) is 0. The molecule has 7 nitrogen and oxygen atoms in total. The molecule has 0 unspecified atom stereocenters. The zero-order chi connectivity index (χ0) is 16.8. The fourth-order valence-electron chi connectivity index (χ4n) is 3.73. The van der Waals surface area contributed by atoms with Crippen molar-refractivity contribution in [2.45, 2.75) is 26.1 Å². The monoisotopic (exact) mass is 334 g/mol. The molecule has 3 heterocycles. The normalized spacial score (nSPS) is 28.6. The van der Waals surface area contributed by atoms with Gasteiger partial charge in [-0.1, -0.05) is 0 Å². The van der Waals surface area contributed by atoms with Crippen molar-refractivity contribution in [2.24, 2.45) is 11.8 Å². The Morgan fingerprint density at radius 1 is 0.958 bits per heavy atom. The molecule has 0 saturated carbocycles. The maximum atomic E-state index is 11.2. The fourth-order valence-corrected chi connectivity index (χ4v) is 3.73. The van der Waals surface area contributed by atoms with Gasteiger partial charge >= 0.3 is 11.9 Å². The van der Waals surface area contributed by atoms with Gasteiger partial charge in [0, 0.05) is 25.7 Å². The van der Waals surface area contributed by atoms with Gasteiger partial charge in [-0.05, 0) is 23.3 Å². The predicted molar refractivity (Wildman–Crippen MR) is 79.4 cm³/mol. The van der Waals surface area contributed by atoms with Crippen LogP contribution in [0.4, 0.5) is 0 Å². The zero-order valence-electron chi connectivity index (χ0n) is 13.4. The first-order chi connectivity index (χ1) is 11.5. The van der Waals surface area contributed by atoms with E-state index in [0.29, 0.717) is 11.5 Å². The van der Waals surface area contributed by atoms with Gasteiger partial charge in [0.15, 0.2) is 11.5 Å². The zero-order valence-corrected chi connectivity index (χ0v) is 13.4. The van der Waals surface area contributed by atoms with Crippen molar-refractivity contribution in [3.63, 3.8) is 0 Å². The van der Waals surface area contributed by atoms with Crippen molar-refractivity contribution in [3.8, 4) is 11.5 Å². The summed E-state index contributed by atoms with van der Waals surface area (Å²) in [4.78, 5) is 22.4. The molecule has 3 aliphatic heterocycles.